The number of thioether (sulfide) groups is 1. The molecule has 1 fully saturated rings. The molecule has 2 rings (SSSR count). The van der Waals surface area contributed by atoms with Gasteiger partial charge in [-0.1, -0.05) is 42.4 Å². The fraction of sp³-hybridized carbons (Fsp3) is 0.727. The number of nitrogens with zero attached hydrogens (tertiary/aromatic N) is 2. The summed E-state index contributed by atoms with van der Waals surface area (Å²) in [5, 5.41) is 12.2. The average Bonchev–Trinajstić information content (AvgIpc) is 2.77. The van der Waals surface area contributed by atoms with Gasteiger partial charge in [0.15, 0.2) is 4.34 Å². The summed E-state index contributed by atoms with van der Waals surface area (Å²) in [6, 6.07) is 0.526. The predicted molar refractivity (Wildman–Crippen MR) is 74.9 cm³/mol. The van der Waals surface area contributed by atoms with Crippen molar-refractivity contribution in [1.29, 1.82) is 0 Å². The number of carbonyl (C=O) groups is 1. The Morgan fingerprint density at radius 1 is 1.44 bits per heavy atom. The molecule has 1 aromatic heterocycles. The van der Waals surface area contributed by atoms with Gasteiger partial charge in [-0.2, -0.15) is 0 Å². The van der Waals surface area contributed by atoms with E-state index < -0.39 is 0 Å². The molecule has 1 saturated carbocycles. The summed E-state index contributed by atoms with van der Waals surface area (Å²) >= 11 is 2.86. The molecule has 18 heavy (non-hydrogen) atoms. The maximum absolute atomic E-state index is 11.0. The topological polar surface area (TPSA) is 80.9 Å². The van der Waals surface area contributed by atoms with Crippen molar-refractivity contribution in [2.45, 2.75) is 54.7 Å². The fourth-order valence-electron chi connectivity index (χ4n) is 1.95. The molecule has 0 aromatic carbocycles. The van der Waals surface area contributed by atoms with Crippen LogP contribution < -0.4 is 11.1 Å². The Morgan fingerprint density at radius 2 is 2.17 bits per heavy atom. The normalized spacial score (nSPS) is 18.5. The van der Waals surface area contributed by atoms with Gasteiger partial charge in [0.1, 0.15) is 0 Å². The number of carbonyl (C=O) groups excluding carboxylic acids is 1. The molecule has 1 aliphatic rings. The Labute approximate surface area is 115 Å². The highest BCUT2D eigenvalue weighted by molar-refractivity contribution is 8.02. The van der Waals surface area contributed by atoms with Crippen LogP contribution in [0.3, 0.4) is 0 Å². The van der Waals surface area contributed by atoms with E-state index in [2.05, 4.69) is 15.5 Å². The van der Waals surface area contributed by atoms with Crippen molar-refractivity contribution in [3.05, 3.63) is 0 Å². The third kappa shape index (κ3) is 3.84. The summed E-state index contributed by atoms with van der Waals surface area (Å²) in [5.41, 5.74) is 5.22. The van der Waals surface area contributed by atoms with E-state index in [-0.39, 0.29) is 11.2 Å². The molecular formula is C11H18N4OS2. The molecule has 0 bridgehead atoms. The van der Waals surface area contributed by atoms with Gasteiger partial charge in [0.05, 0.1) is 5.25 Å². The lowest BCUT2D eigenvalue weighted by molar-refractivity contribution is -0.117. The van der Waals surface area contributed by atoms with Gasteiger partial charge in [0.25, 0.3) is 0 Å². The highest BCUT2D eigenvalue weighted by Crippen LogP contribution is 2.30. The van der Waals surface area contributed by atoms with Crippen molar-refractivity contribution in [2.24, 2.45) is 5.73 Å². The van der Waals surface area contributed by atoms with Gasteiger partial charge in [-0.15, -0.1) is 10.2 Å². The standard InChI is InChI=1S/C11H18N4OS2/c1-7(9(12)16)17-11-15-14-10(18-11)13-8-5-3-2-4-6-8/h7-8H,2-6H2,1H3,(H2,12,16)(H,13,14)/t7-/m0/s1. The van der Waals surface area contributed by atoms with Crippen molar-refractivity contribution in [2.75, 3.05) is 5.32 Å². The van der Waals surface area contributed by atoms with E-state index in [0.717, 1.165) is 9.47 Å². The molecule has 100 valence electrons. The summed E-state index contributed by atoms with van der Waals surface area (Å²) < 4.78 is 0.791. The molecular weight excluding hydrogens is 268 g/mol. The Hall–Kier alpha value is -0.820. The monoisotopic (exact) mass is 286 g/mol. The first-order chi connectivity index (χ1) is 8.65. The fourth-order valence-corrected chi connectivity index (χ4v) is 3.87. The van der Waals surface area contributed by atoms with E-state index in [1.807, 2.05) is 0 Å². The van der Waals surface area contributed by atoms with E-state index >= 15 is 0 Å². The van der Waals surface area contributed by atoms with Gasteiger partial charge in [-0.05, 0) is 19.8 Å². The second-order valence-electron chi connectivity index (χ2n) is 4.51. The summed E-state index contributed by atoms with van der Waals surface area (Å²) in [7, 11) is 0. The number of amides is 1. The zero-order valence-corrected chi connectivity index (χ0v) is 12.0. The Balaban J connectivity index is 1.87. The number of aromatic nitrogens is 2. The lowest BCUT2D eigenvalue weighted by Crippen LogP contribution is -2.22. The molecule has 3 N–H and O–H groups in total. The lowest BCUT2D eigenvalue weighted by Gasteiger charge is -2.21. The molecule has 0 saturated heterocycles. The summed E-state index contributed by atoms with van der Waals surface area (Å²) in [6.45, 7) is 1.78. The minimum absolute atomic E-state index is 0.263. The Morgan fingerprint density at radius 3 is 2.83 bits per heavy atom. The molecule has 1 atom stereocenters. The molecule has 1 aliphatic carbocycles. The van der Waals surface area contributed by atoms with Crippen LogP contribution in [0.4, 0.5) is 5.13 Å². The van der Waals surface area contributed by atoms with Crippen LogP contribution in [0, 0.1) is 0 Å². The van der Waals surface area contributed by atoms with Gasteiger partial charge in [0.2, 0.25) is 11.0 Å². The average molecular weight is 286 g/mol. The zero-order chi connectivity index (χ0) is 13.0. The van der Waals surface area contributed by atoms with Gasteiger partial charge in [-0.25, -0.2) is 0 Å². The van der Waals surface area contributed by atoms with Crippen LogP contribution in [-0.4, -0.2) is 27.4 Å². The molecule has 0 spiro atoms. The van der Waals surface area contributed by atoms with Crippen molar-refractivity contribution in [3.63, 3.8) is 0 Å². The highest BCUT2D eigenvalue weighted by atomic mass is 32.2. The van der Waals surface area contributed by atoms with E-state index in [1.54, 1.807) is 6.92 Å². The van der Waals surface area contributed by atoms with Crippen LogP contribution >= 0.6 is 23.1 Å². The molecule has 7 heteroatoms. The third-order valence-corrected chi connectivity index (χ3v) is 5.07. The van der Waals surface area contributed by atoms with Crippen molar-refractivity contribution in [3.8, 4) is 0 Å². The molecule has 1 aromatic rings. The van der Waals surface area contributed by atoms with Gasteiger partial charge >= 0.3 is 0 Å². The minimum Gasteiger partial charge on any atom is -0.369 e. The summed E-state index contributed by atoms with van der Waals surface area (Å²) in [4.78, 5) is 11.0. The van der Waals surface area contributed by atoms with Gasteiger partial charge < -0.3 is 11.1 Å². The van der Waals surface area contributed by atoms with E-state index in [9.17, 15) is 4.79 Å². The number of nitrogens with one attached hydrogen (secondary N) is 1. The van der Waals surface area contributed by atoms with Crippen LogP contribution in [0.2, 0.25) is 0 Å². The first-order valence-corrected chi connectivity index (χ1v) is 7.91. The molecule has 0 radical (unpaired) electrons. The maximum atomic E-state index is 11.0. The number of hydrogen-bond acceptors (Lipinski definition) is 6. The first kappa shape index (κ1) is 13.6. The SMILES string of the molecule is C[C@H](Sc1nnc(NC2CCCCC2)s1)C(N)=O. The number of rotatable bonds is 5. The smallest absolute Gasteiger partial charge is 0.230 e. The number of anilines is 1. The van der Waals surface area contributed by atoms with Gasteiger partial charge in [0, 0.05) is 6.04 Å². The molecule has 0 aliphatic heterocycles. The number of nitrogens with two attached hydrogens (primary N) is 1. The zero-order valence-electron chi connectivity index (χ0n) is 10.4. The van der Waals surface area contributed by atoms with E-state index in [4.69, 9.17) is 5.73 Å². The van der Waals surface area contributed by atoms with E-state index in [1.165, 1.54) is 55.2 Å². The Kier molecular flexibility index (Phi) is 4.82. The molecule has 0 unspecified atom stereocenters. The lowest BCUT2D eigenvalue weighted by atomic mass is 9.96. The number of hydrogen-bond donors (Lipinski definition) is 2. The Bertz CT molecular complexity index is 404. The van der Waals surface area contributed by atoms with Crippen LogP contribution in [0.25, 0.3) is 0 Å². The van der Waals surface area contributed by atoms with Crippen LogP contribution in [0.15, 0.2) is 4.34 Å². The summed E-state index contributed by atoms with van der Waals surface area (Å²) in [5.74, 6) is -0.322. The summed E-state index contributed by atoms with van der Waals surface area (Å²) in [6.07, 6.45) is 6.33. The molecule has 1 heterocycles. The second kappa shape index (κ2) is 6.38. The maximum Gasteiger partial charge on any atom is 0.230 e. The largest absolute Gasteiger partial charge is 0.369 e. The van der Waals surface area contributed by atoms with Crippen LogP contribution in [-0.2, 0) is 4.79 Å². The quantitative estimate of drug-likeness (QED) is 0.811. The van der Waals surface area contributed by atoms with Gasteiger partial charge in [-0.3, -0.25) is 4.79 Å². The van der Waals surface area contributed by atoms with Crippen molar-refractivity contribution < 1.29 is 4.79 Å². The van der Waals surface area contributed by atoms with E-state index in [0.29, 0.717) is 6.04 Å². The van der Waals surface area contributed by atoms with Crippen LogP contribution in [0.5, 0.6) is 0 Å². The van der Waals surface area contributed by atoms with Crippen LogP contribution in [0.1, 0.15) is 39.0 Å². The molecule has 5 nitrogen and oxygen atoms in total. The highest BCUT2D eigenvalue weighted by Gasteiger charge is 2.17. The van der Waals surface area contributed by atoms with Crippen molar-refractivity contribution in [1.82, 2.24) is 10.2 Å². The minimum atomic E-state index is -0.322. The third-order valence-electron chi connectivity index (χ3n) is 3.02. The molecule has 1 amide bonds. The second-order valence-corrected chi connectivity index (χ2v) is 7.08. The van der Waals surface area contributed by atoms with Crippen molar-refractivity contribution >= 4 is 34.1 Å². The first-order valence-electron chi connectivity index (χ1n) is 6.21. The predicted octanol–water partition coefficient (Wildman–Crippen LogP) is 2.25. The number of primary amides is 1.